The molecule has 0 bridgehead atoms. The Labute approximate surface area is 384 Å². The summed E-state index contributed by atoms with van der Waals surface area (Å²) in [6.07, 6.45) is 5.09. The predicted molar refractivity (Wildman–Crippen MR) is 252 cm³/mol. The standard InChI is InChI=1S/C37H30NO.C18H22GeN.Ir/c1-22-17-26(37(3,4)5)15-16-27(22)31-19-34(38-21-23(31)2)30-12-8-11-29-33-18-25-14-13-24-9-6-7-10-28(24)32(25)20-35(33)39-36(29)30;1-19(2)12-10-15(11-13-19)17-8-9-18(20-14-17)16-6-4-3-5-7-16;/h6-11,13-21H,1-5H3;3-6,8-9,14-15H,10-13H2,1-2H3;/q2*-1;/i1D3,2D3,16D,19D;15D;. The van der Waals surface area contributed by atoms with Crippen LogP contribution in [0.25, 0.3) is 77.1 Å². The van der Waals surface area contributed by atoms with Crippen molar-refractivity contribution in [2.45, 2.75) is 80.6 Å². The molecule has 1 radical (unpaired) electrons. The van der Waals surface area contributed by atoms with Crippen LogP contribution in [0.15, 0.2) is 138 Å². The van der Waals surface area contributed by atoms with Gasteiger partial charge in [-0.05, 0) is 86.3 Å². The molecule has 0 aliphatic carbocycles. The Morgan fingerprint density at radius 2 is 1.52 bits per heavy atom. The summed E-state index contributed by atoms with van der Waals surface area (Å²) in [5.41, 5.74) is 3.88. The Morgan fingerprint density at radius 3 is 2.27 bits per heavy atom. The average Bonchev–Trinajstić information content (AvgIpc) is 3.66. The van der Waals surface area contributed by atoms with Crippen molar-refractivity contribution in [3.8, 4) is 33.6 Å². The minimum absolute atomic E-state index is 0. The third kappa shape index (κ3) is 8.40. The molecule has 0 amide bonds. The second kappa shape index (κ2) is 16.9. The van der Waals surface area contributed by atoms with E-state index < -0.39 is 38.3 Å². The summed E-state index contributed by atoms with van der Waals surface area (Å²) in [5, 5.41) is 8.50. The van der Waals surface area contributed by atoms with Gasteiger partial charge in [0.05, 0.1) is 8.32 Å². The first-order valence-corrected chi connectivity index (χ1v) is 27.5. The van der Waals surface area contributed by atoms with Crippen molar-refractivity contribution in [1.29, 1.82) is 0 Å². The molecule has 9 aromatic rings. The van der Waals surface area contributed by atoms with Gasteiger partial charge in [0.2, 0.25) is 0 Å². The number of rotatable bonds is 4. The van der Waals surface area contributed by atoms with Crippen LogP contribution >= 0.6 is 0 Å². The van der Waals surface area contributed by atoms with E-state index in [1.165, 1.54) is 16.6 Å². The second-order valence-electron chi connectivity index (χ2n) is 17.5. The molecule has 0 spiro atoms. The summed E-state index contributed by atoms with van der Waals surface area (Å²) in [4.78, 5) is 9.02. The van der Waals surface area contributed by atoms with Crippen molar-refractivity contribution in [3.63, 3.8) is 0 Å². The molecule has 1 fully saturated rings. The first kappa shape index (κ1) is 31.9. The van der Waals surface area contributed by atoms with Gasteiger partial charge in [0.25, 0.3) is 0 Å². The second-order valence-corrected chi connectivity index (χ2v) is 28.7. The smallest absolute Gasteiger partial charge is 0.121 e. The van der Waals surface area contributed by atoms with Crippen LogP contribution < -0.4 is 0 Å². The van der Waals surface area contributed by atoms with Crippen LogP contribution in [0, 0.1) is 25.8 Å². The summed E-state index contributed by atoms with van der Waals surface area (Å²) in [7, 11) is 0. The van der Waals surface area contributed by atoms with Crippen molar-refractivity contribution in [2.75, 3.05) is 0 Å². The van der Waals surface area contributed by atoms with Gasteiger partial charge in [-0.2, -0.15) is 0 Å². The summed E-state index contributed by atoms with van der Waals surface area (Å²) < 4.78 is 83.6. The number of hydrogen-bond donors (Lipinski definition) is 0. The van der Waals surface area contributed by atoms with E-state index in [1.807, 2.05) is 81.6 Å². The molecule has 3 aromatic heterocycles. The third-order valence-corrected chi connectivity index (χ3v) is 18.5. The molecule has 0 atom stereocenters. The molecule has 303 valence electrons. The molecule has 10 rings (SSSR count). The number of fused-ring (bicyclic) bond motifs is 6. The molecule has 1 aliphatic rings. The fourth-order valence-corrected chi connectivity index (χ4v) is 12.8. The zero-order valence-corrected chi connectivity index (χ0v) is 39.0. The molecule has 1 saturated heterocycles. The molecule has 0 unspecified atom stereocenters. The van der Waals surface area contributed by atoms with Crippen molar-refractivity contribution in [3.05, 3.63) is 168 Å². The maximum absolute atomic E-state index is 9.39. The first-order chi connectivity index (χ1) is 32.0. The van der Waals surface area contributed by atoms with E-state index in [9.17, 15) is 1.37 Å². The summed E-state index contributed by atoms with van der Waals surface area (Å²) >= 11 is -1.51. The SMILES string of the molecule is [2H]C1(c2ccc(-c3[c-]cccc3)nc2)C[CH2][Ge]([CH3])([CH3])[CH2]C1.[2H]c1cc(C(C)(C)C)cc(C([2H])([2H])[2H])c1-c1c(C([2H])([2H])[2H])cnc(-c2[c-]ccc3c2oc2cc4c(ccc5ccccc54)cc23)c1[2H].[Ir]. The van der Waals surface area contributed by atoms with Crippen LogP contribution in [-0.2, 0) is 25.5 Å². The Morgan fingerprint density at radius 1 is 0.733 bits per heavy atom. The van der Waals surface area contributed by atoms with Gasteiger partial charge in [0.1, 0.15) is 5.58 Å². The molecule has 5 heteroatoms. The molecule has 0 N–H and O–H groups in total. The summed E-state index contributed by atoms with van der Waals surface area (Å²) in [6, 6.07) is 40.9. The largest absolute Gasteiger partial charge is 0.501 e. The van der Waals surface area contributed by atoms with Gasteiger partial charge in [0, 0.05) is 39.9 Å². The molecule has 6 aromatic carbocycles. The Bertz CT molecular complexity index is 3370. The fraction of sp³-hybridized carbons (Fsp3) is 0.236. The Hall–Kier alpha value is -4.87. The van der Waals surface area contributed by atoms with E-state index >= 15 is 0 Å². The molecule has 3 nitrogen and oxygen atoms in total. The number of hydrogen-bond acceptors (Lipinski definition) is 3. The molecule has 0 saturated carbocycles. The van der Waals surface area contributed by atoms with Crippen LogP contribution in [0.2, 0.25) is 22.0 Å². The maximum Gasteiger partial charge on any atom is 0.121 e. The van der Waals surface area contributed by atoms with Crippen molar-refractivity contribution in [1.82, 2.24) is 9.97 Å². The molecular formula is C55H52GeIrN2O-2. The zero-order valence-electron chi connectivity index (χ0n) is 43.5. The molecule has 60 heavy (non-hydrogen) atoms. The van der Waals surface area contributed by atoms with Crippen molar-refractivity contribution >= 4 is 56.7 Å². The van der Waals surface area contributed by atoms with Crippen LogP contribution in [-0.4, -0.2) is 23.2 Å². The van der Waals surface area contributed by atoms with Crippen molar-refractivity contribution < 1.29 is 36.9 Å². The minimum Gasteiger partial charge on any atom is -0.501 e. The first-order valence-electron chi connectivity index (χ1n) is 24.8. The van der Waals surface area contributed by atoms with Gasteiger partial charge >= 0.3 is 126 Å². The van der Waals surface area contributed by atoms with Gasteiger partial charge in [-0.15, -0.1) is 18.2 Å². The van der Waals surface area contributed by atoms with E-state index in [0.29, 0.717) is 22.3 Å². The predicted octanol–water partition coefficient (Wildman–Crippen LogP) is 15.5. The van der Waals surface area contributed by atoms with E-state index in [2.05, 4.69) is 70.0 Å². The average molecular weight is 1030 g/mol. The zero-order chi connectivity index (χ0) is 48.6. The van der Waals surface area contributed by atoms with Crippen LogP contribution in [0.5, 0.6) is 0 Å². The molecule has 1 aliphatic heterocycles. The fourth-order valence-electron chi connectivity index (χ4n) is 8.12. The summed E-state index contributed by atoms with van der Waals surface area (Å²) in [6.45, 7) is 0.304. The van der Waals surface area contributed by atoms with Gasteiger partial charge in [0.15, 0.2) is 0 Å². The van der Waals surface area contributed by atoms with Crippen LogP contribution in [0.4, 0.5) is 0 Å². The van der Waals surface area contributed by atoms with E-state index in [-0.39, 0.29) is 60.1 Å². The van der Waals surface area contributed by atoms with Crippen LogP contribution in [0.3, 0.4) is 0 Å². The van der Waals surface area contributed by atoms with Gasteiger partial charge < -0.3 is 9.40 Å². The van der Waals surface area contributed by atoms with Crippen molar-refractivity contribution in [2.24, 2.45) is 0 Å². The van der Waals surface area contributed by atoms with E-state index in [0.717, 1.165) is 68.2 Å². The Kier molecular flexibility index (Phi) is 8.99. The Balaban J connectivity index is 0.000000244. The topological polar surface area (TPSA) is 38.9 Å². The van der Waals surface area contributed by atoms with Gasteiger partial charge in [-0.25, -0.2) is 0 Å². The maximum atomic E-state index is 9.39. The molecular weight excluding hydrogens is 969 g/mol. The monoisotopic (exact) mass is 1030 g/mol. The number of aryl methyl sites for hydroxylation is 2. The van der Waals surface area contributed by atoms with Gasteiger partial charge in [-0.1, -0.05) is 92.3 Å². The number of benzene rings is 6. The van der Waals surface area contributed by atoms with E-state index in [4.69, 9.17) is 15.4 Å². The van der Waals surface area contributed by atoms with Gasteiger partial charge in [-0.3, -0.25) is 0 Å². The number of pyridine rings is 2. The molecule has 4 heterocycles. The minimum atomic E-state index is -2.74. The van der Waals surface area contributed by atoms with Crippen LogP contribution in [0.1, 0.15) is 74.1 Å². The number of furan rings is 1. The quantitative estimate of drug-likeness (QED) is 0.100. The normalized spacial score (nSPS) is 17.4. The van der Waals surface area contributed by atoms with E-state index in [1.54, 1.807) is 12.1 Å². The number of aromatic nitrogens is 2. The third-order valence-electron chi connectivity index (χ3n) is 11.8. The summed E-state index contributed by atoms with van der Waals surface area (Å²) in [5.74, 6) is 4.57. The number of nitrogens with zero attached hydrogens (tertiary/aromatic N) is 2.